The largest absolute Gasteiger partial charge is 0.495 e. The van der Waals surface area contributed by atoms with Crippen molar-refractivity contribution in [2.45, 2.75) is 19.8 Å². The number of methoxy groups -OCH3 is 1. The van der Waals surface area contributed by atoms with Gasteiger partial charge in [0.25, 0.3) is 0 Å². The van der Waals surface area contributed by atoms with E-state index in [1.165, 1.54) is 54.6 Å². The van der Waals surface area contributed by atoms with Crippen LogP contribution in [0.4, 0.5) is 20.3 Å². The van der Waals surface area contributed by atoms with E-state index in [0.29, 0.717) is 29.6 Å². The summed E-state index contributed by atoms with van der Waals surface area (Å²) < 4.78 is 69.5. The van der Waals surface area contributed by atoms with Gasteiger partial charge in [0.2, 0.25) is 21.7 Å². The lowest BCUT2D eigenvalue weighted by Crippen LogP contribution is -2.35. The van der Waals surface area contributed by atoms with E-state index in [-0.39, 0.29) is 45.7 Å². The molecule has 244 valence electrons. The Morgan fingerprint density at radius 1 is 1.04 bits per heavy atom. The number of H-pyrrole nitrogens is 1. The standard InChI is InChI=1S/C32H30F2N6O6S/c1-18-11-20(46-27-8-4-3-7-22(27)33)14-23(34)30(18)40-32(35)21(16-36-40)31(42)26-12-19-13-28(45-2)25(15-24(19)37-26)38-47(43,44)17-29(41)39-9-5-6-10-39/h3-4,7-8,11-16,37-38H,5-6,9-10,17,35H2,1-2H3. The van der Waals surface area contributed by atoms with E-state index < -0.39 is 39.1 Å². The van der Waals surface area contributed by atoms with Gasteiger partial charge in [-0.3, -0.25) is 14.3 Å². The van der Waals surface area contributed by atoms with Crippen molar-refractivity contribution in [1.29, 1.82) is 0 Å². The Balaban J connectivity index is 1.25. The monoisotopic (exact) mass is 664 g/mol. The zero-order chi connectivity index (χ0) is 33.5. The number of nitrogens with two attached hydrogens (primary N) is 1. The van der Waals surface area contributed by atoms with E-state index in [4.69, 9.17) is 15.2 Å². The highest BCUT2D eigenvalue weighted by Crippen LogP contribution is 2.34. The first-order chi connectivity index (χ1) is 22.4. The highest BCUT2D eigenvalue weighted by atomic mass is 32.2. The fourth-order valence-corrected chi connectivity index (χ4v) is 6.57. The Morgan fingerprint density at radius 2 is 1.79 bits per heavy atom. The maximum Gasteiger partial charge on any atom is 0.241 e. The fraction of sp³-hybridized carbons (Fsp3) is 0.219. The molecule has 4 N–H and O–H groups in total. The molecular formula is C32H30F2N6O6S. The number of anilines is 2. The number of aromatic nitrogens is 3. The van der Waals surface area contributed by atoms with Crippen LogP contribution in [0.25, 0.3) is 16.6 Å². The first-order valence-corrected chi connectivity index (χ1v) is 16.2. The third-order valence-electron chi connectivity index (χ3n) is 7.78. The van der Waals surface area contributed by atoms with E-state index in [1.54, 1.807) is 19.1 Å². The van der Waals surface area contributed by atoms with Gasteiger partial charge >= 0.3 is 0 Å². The summed E-state index contributed by atoms with van der Waals surface area (Å²) in [6.45, 7) is 2.65. The molecule has 3 heterocycles. The smallest absolute Gasteiger partial charge is 0.241 e. The Labute approximate surface area is 268 Å². The highest BCUT2D eigenvalue weighted by Gasteiger charge is 2.26. The first-order valence-electron chi connectivity index (χ1n) is 14.5. The molecular weight excluding hydrogens is 634 g/mol. The zero-order valence-corrected chi connectivity index (χ0v) is 26.2. The van der Waals surface area contributed by atoms with Crippen molar-refractivity contribution in [2.24, 2.45) is 0 Å². The Hall–Kier alpha value is -5.44. The molecule has 1 fully saturated rings. The molecule has 6 rings (SSSR count). The van der Waals surface area contributed by atoms with Crippen LogP contribution in [0.1, 0.15) is 34.5 Å². The van der Waals surface area contributed by atoms with Gasteiger partial charge in [-0.2, -0.15) is 5.10 Å². The SMILES string of the molecule is COc1cc2cc(C(=O)c3cnn(-c4c(C)cc(Oc5ccccc5F)cc4F)c3N)[nH]c2cc1NS(=O)(=O)CC(=O)N1CCCC1. The Morgan fingerprint density at radius 3 is 2.49 bits per heavy atom. The predicted molar refractivity (Wildman–Crippen MR) is 171 cm³/mol. The van der Waals surface area contributed by atoms with Crippen LogP contribution in [0.2, 0.25) is 0 Å². The minimum absolute atomic E-state index is 0.0182. The van der Waals surface area contributed by atoms with Gasteiger partial charge in [-0.15, -0.1) is 0 Å². The quantitative estimate of drug-likeness (QED) is 0.177. The maximum atomic E-state index is 15.4. The van der Waals surface area contributed by atoms with Crippen LogP contribution in [-0.4, -0.2) is 65.7 Å². The number of rotatable bonds is 10. The molecule has 1 aliphatic heterocycles. The van der Waals surface area contributed by atoms with Gasteiger partial charge in [-0.25, -0.2) is 21.9 Å². The fourth-order valence-electron chi connectivity index (χ4n) is 5.50. The van der Waals surface area contributed by atoms with Gasteiger partial charge in [0.15, 0.2) is 17.4 Å². The summed E-state index contributed by atoms with van der Waals surface area (Å²) in [5.41, 5.74) is 7.20. The molecule has 0 aliphatic carbocycles. The number of nitrogens with one attached hydrogen (secondary N) is 2. The number of hydrogen-bond acceptors (Lipinski definition) is 8. The molecule has 47 heavy (non-hydrogen) atoms. The number of halogens is 2. The van der Waals surface area contributed by atoms with E-state index in [1.807, 2.05) is 0 Å². The Bertz CT molecular complexity index is 2120. The van der Waals surface area contributed by atoms with Crippen LogP contribution >= 0.6 is 0 Å². The number of hydrogen-bond donors (Lipinski definition) is 3. The second-order valence-corrected chi connectivity index (χ2v) is 12.8. The molecule has 12 nitrogen and oxygen atoms in total. The van der Waals surface area contributed by atoms with Gasteiger partial charge in [0.05, 0.1) is 30.3 Å². The predicted octanol–water partition coefficient (Wildman–Crippen LogP) is 4.92. The summed E-state index contributed by atoms with van der Waals surface area (Å²) in [6, 6.07) is 12.8. The molecule has 1 aliphatic rings. The summed E-state index contributed by atoms with van der Waals surface area (Å²) in [6.07, 6.45) is 2.88. The number of likely N-dealkylation sites (tertiary alicyclic amines) is 1. The average molecular weight is 665 g/mol. The van der Waals surface area contributed by atoms with Crippen molar-refractivity contribution in [3.05, 3.63) is 89.2 Å². The van der Waals surface area contributed by atoms with E-state index in [0.717, 1.165) is 23.6 Å². The van der Waals surface area contributed by atoms with Crippen molar-refractivity contribution in [2.75, 3.05) is 36.4 Å². The number of carbonyl (C=O) groups excluding carboxylic acids is 2. The molecule has 3 aromatic carbocycles. The second-order valence-electron chi connectivity index (χ2n) is 11.1. The van der Waals surface area contributed by atoms with Gasteiger partial charge in [0.1, 0.15) is 28.8 Å². The molecule has 0 radical (unpaired) electrons. The second kappa shape index (κ2) is 12.4. The summed E-state index contributed by atoms with van der Waals surface area (Å²) >= 11 is 0. The van der Waals surface area contributed by atoms with Crippen LogP contribution < -0.4 is 19.9 Å². The molecule has 0 atom stereocenters. The van der Waals surface area contributed by atoms with Gasteiger partial charge < -0.3 is 25.1 Å². The number of benzene rings is 3. The third kappa shape index (κ3) is 6.34. The summed E-state index contributed by atoms with van der Waals surface area (Å²) in [5.74, 6) is -3.09. The van der Waals surface area contributed by atoms with Crippen molar-refractivity contribution in [3.63, 3.8) is 0 Å². The number of aromatic amines is 1. The van der Waals surface area contributed by atoms with E-state index in [2.05, 4.69) is 14.8 Å². The lowest BCUT2D eigenvalue weighted by molar-refractivity contribution is -0.127. The molecule has 5 aromatic rings. The van der Waals surface area contributed by atoms with Crippen LogP contribution in [-0.2, 0) is 14.8 Å². The zero-order valence-electron chi connectivity index (χ0n) is 25.3. The van der Waals surface area contributed by atoms with Crippen LogP contribution in [0.5, 0.6) is 17.2 Å². The number of sulfonamides is 1. The van der Waals surface area contributed by atoms with Gasteiger partial charge in [-0.1, -0.05) is 12.1 Å². The first kappa shape index (κ1) is 31.5. The summed E-state index contributed by atoms with van der Waals surface area (Å²) in [4.78, 5) is 30.5. The molecule has 1 saturated heterocycles. The number of ether oxygens (including phenoxy) is 2. The number of aryl methyl sites for hydroxylation is 1. The van der Waals surface area contributed by atoms with Crippen molar-refractivity contribution < 1.29 is 36.3 Å². The van der Waals surface area contributed by atoms with Crippen molar-refractivity contribution >= 4 is 44.1 Å². The topological polar surface area (TPSA) is 162 Å². The minimum atomic E-state index is -4.07. The van der Waals surface area contributed by atoms with Crippen molar-refractivity contribution in [1.82, 2.24) is 19.7 Å². The van der Waals surface area contributed by atoms with Crippen LogP contribution in [0.3, 0.4) is 0 Å². The minimum Gasteiger partial charge on any atom is -0.495 e. The van der Waals surface area contributed by atoms with E-state index >= 15 is 4.39 Å². The average Bonchev–Trinajstić information content (AvgIpc) is 3.78. The third-order valence-corrected chi connectivity index (χ3v) is 8.94. The molecule has 1 amide bonds. The molecule has 15 heteroatoms. The van der Waals surface area contributed by atoms with Gasteiger partial charge in [-0.05, 0) is 61.7 Å². The number of para-hydroxylation sites is 1. The number of ketones is 1. The lowest BCUT2D eigenvalue weighted by Gasteiger charge is -2.16. The summed E-state index contributed by atoms with van der Waals surface area (Å²) in [5, 5.41) is 4.69. The molecule has 0 saturated carbocycles. The lowest BCUT2D eigenvalue weighted by atomic mass is 10.1. The molecule has 2 aromatic heterocycles. The highest BCUT2D eigenvalue weighted by molar-refractivity contribution is 7.93. The number of nitrogens with zero attached hydrogens (tertiary/aromatic N) is 3. The number of amides is 1. The van der Waals surface area contributed by atoms with Crippen molar-refractivity contribution in [3.8, 4) is 22.9 Å². The molecule has 0 spiro atoms. The molecule has 0 unspecified atom stereocenters. The van der Waals surface area contributed by atoms with Crippen LogP contribution in [0.15, 0.2) is 60.8 Å². The van der Waals surface area contributed by atoms with E-state index in [9.17, 15) is 22.4 Å². The van der Waals surface area contributed by atoms with Gasteiger partial charge in [0, 0.05) is 30.1 Å². The number of carbonyl (C=O) groups is 2. The Kier molecular flexibility index (Phi) is 8.32. The van der Waals surface area contributed by atoms with Crippen LogP contribution in [0, 0.1) is 18.6 Å². The number of nitrogen functional groups attached to an aromatic ring is 1. The number of fused-ring (bicyclic) bond motifs is 1. The maximum absolute atomic E-state index is 15.4. The normalized spacial score (nSPS) is 13.2. The molecule has 0 bridgehead atoms. The summed E-state index contributed by atoms with van der Waals surface area (Å²) in [7, 11) is -2.70.